The molecule has 0 aliphatic rings. The maximum absolute atomic E-state index is 12.1. The molecule has 106 valence electrons. The van der Waals surface area contributed by atoms with Crippen LogP contribution in [0, 0.1) is 6.92 Å². The van der Waals surface area contributed by atoms with Gasteiger partial charge in [-0.25, -0.2) is 4.79 Å². The maximum atomic E-state index is 12.1. The van der Waals surface area contributed by atoms with Gasteiger partial charge in [0.2, 0.25) is 0 Å². The highest BCUT2D eigenvalue weighted by Gasteiger charge is 2.26. The zero-order valence-corrected chi connectivity index (χ0v) is 11.4. The van der Waals surface area contributed by atoms with Crippen molar-refractivity contribution >= 4 is 11.9 Å². The fraction of sp³-hybridized carbons (Fsp3) is 0.583. The van der Waals surface area contributed by atoms with Crippen LogP contribution in [-0.4, -0.2) is 41.9 Å². The third kappa shape index (κ3) is 3.54. The number of carbonyl (C=O) groups is 2. The largest absolute Gasteiger partial charge is 0.480 e. The van der Waals surface area contributed by atoms with E-state index in [9.17, 15) is 9.59 Å². The Morgan fingerprint density at radius 2 is 2.11 bits per heavy atom. The normalized spacial score (nSPS) is 12.5. The SMILES string of the molecule is COCC(NC(=O)c1c(C)noc1C(C)C)C(=O)O. The van der Waals surface area contributed by atoms with Crippen LogP contribution in [0.5, 0.6) is 0 Å². The number of nitrogens with zero attached hydrogens (tertiary/aromatic N) is 1. The average Bonchev–Trinajstić information content (AvgIpc) is 2.70. The molecule has 0 saturated carbocycles. The molecule has 1 atom stereocenters. The molecule has 0 aromatic carbocycles. The first-order valence-corrected chi connectivity index (χ1v) is 5.87. The lowest BCUT2D eigenvalue weighted by atomic mass is 10.0. The molecule has 0 aliphatic heterocycles. The first kappa shape index (κ1) is 15.2. The Hall–Kier alpha value is -1.89. The zero-order valence-electron chi connectivity index (χ0n) is 11.4. The Kier molecular flexibility index (Phi) is 5.05. The average molecular weight is 270 g/mol. The lowest BCUT2D eigenvalue weighted by molar-refractivity contribution is -0.140. The van der Waals surface area contributed by atoms with Crippen LogP contribution in [0.3, 0.4) is 0 Å². The number of carboxylic acid groups (broad SMARTS) is 1. The molecule has 1 rings (SSSR count). The fourth-order valence-electron chi connectivity index (χ4n) is 1.63. The van der Waals surface area contributed by atoms with E-state index in [1.807, 2.05) is 13.8 Å². The summed E-state index contributed by atoms with van der Waals surface area (Å²) in [7, 11) is 1.37. The Morgan fingerprint density at radius 3 is 2.58 bits per heavy atom. The van der Waals surface area contributed by atoms with Gasteiger partial charge in [-0.05, 0) is 6.92 Å². The monoisotopic (exact) mass is 270 g/mol. The minimum absolute atomic E-state index is 0.0207. The highest BCUT2D eigenvalue weighted by Crippen LogP contribution is 2.22. The summed E-state index contributed by atoms with van der Waals surface area (Å²) in [5.74, 6) is -1.26. The summed E-state index contributed by atoms with van der Waals surface area (Å²) in [4.78, 5) is 23.1. The van der Waals surface area contributed by atoms with E-state index in [0.29, 0.717) is 11.5 Å². The molecule has 1 heterocycles. The van der Waals surface area contributed by atoms with Crippen LogP contribution in [0.25, 0.3) is 0 Å². The van der Waals surface area contributed by atoms with Gasteiger partial charge in [-0.1, -0.05) is 19.0 Å². The predicted octanol–water partition coefficient (Wildman–Crippen LogP) is 0.936. The molecule has 0 bridgehead atoms. The number of aromatic nitrogens is 1. The van der Waals surface area contributed by atoms with Crippen molar-refractivity contribution in [1.29, 1.82) is 0 Å². The molecule has 1 aromatic heterocycles. The molecule has 0 saturated heterocycles. The number of aliphatic carboxylic acids is 1. The second-order valence-electron chi connectivity index (χ2n) is 4.48. The molecular weight excluding hydrogens is 252 g/mol. The van der Waals surface area contributed by atoms with Crippen molar-refractivity contribution in [3.63, 3.8) is 0 Å². The summed E-state index contributed by atoms with van der Waals surface area (Å²) in [6.07, 6.45) is 0. The Bertz CT molecular complexity index is 467. The van der Waals surface area contributed by atoms with Gasteiger partial charge < -0.3 is 19.7 Å². The molecular formula is C12H18N2O5. The van der Waals surface area contributed by atoms with E-state index in [1.54, 1.807) is 6.92 Å². The summed E-state index contributed by atoms with van der Waals surface area (Å²) in [5, 5.41) is 15.1. The Balaban J connectivity index is 2.94. The van der Waals surface area contributed by atoms with Crippen molar-refractivity contribution in [2.45, 2.75) is 32.7 Å². The first-order valence-electron chi connectivity index (χ1n) is 5.87. The van der Waals surface area contributed by atoms with Gasteiger partial charge in [0, 0.05) is 13.0 Å². The third-order valence-corrected chi connectivity index (χ3v) is 2.58. The summed E-state index contributed by atoms with van der Waals surface area (Å²) in [6.45, 7) is 5.25. The quantitative estimate of drug-likeness (QED) is 0.797. The van der Waals surface area contributed by atoms with E-state index in [4.69, 9.17) is 14.4 Å². The number of nitrogens with one attached hydrogen (secondary N) is 1. The summed E-state index contributed by atoms with van der Waals surface area (Å²) < 4.78 is 9.85. The minimum Gasteiger partial charge on any atom is -0.480 e. The van der Waals surface area contributed by atoms with Crippen LogP contribution >= 0.6 is 0 Å². The number of amides is 1. The van der Waals surface area contributed by atoms with Crippen LogP contribution < -0.4 is 5.32 Å². The summed E-state index contributed by atoms with van der Waals surface area (Å²) >= 11 is 0. The third-order valence-electron chi connectivity index (χ3n) is 2.58. The molecule has 0 radical (unpaired) electrons. The highest BCUT2D eigenvalue weighted by molar-refractivity contribution is 5.98. The number of carboxylic acids is 1. The van der Waals surface area contributed by atoms with Gasteiger partial charge in [0.05, 0.1) is 12.3 Å². The molecule has 7 nitrogen and oxygen atoms in total. The van der Waals surface area contributed by atoms with Crippen LogP contribution in [0.4, 0.5) is 0 Å². The van der Waals surface area contributed by atoms with Crippen LogP contribution in [0.2, 0.25) is 0 Å². The molecule has 7 heteroatoms. The van der Waals surface area contributed by atoms with Gasteiger partial charge >= 0.3 is 5.97 Å². The lowest BCUT2D eigenvalue weighted by Crippen LogP contribution is -2.44. The van der Waals surface area contributed by atoms with E-state index in [0.717, 1.165) is 0 Å². The fourth-order valence-corrected chi connectivity index (χ4v) is 1.63. The topological polar surface area (TPSA) is 102 Å². The number of hydrogen-bond donors (Lipinski definition) is 2. The molecule has 0 fully saturated rings. The van der Waals surface area contributed by atoms with E-state index < -0.39 is 17.9 Å². The van der Waals surface area contributed by atoms with Crippen molar-refractivity contribution < 1.29 is 24.0 Å². The van der Waals surface area contributed by atoms with Gasteiger partial charge in [0.25, 0.3) is 5.91 Å². The molecule has 0 spiro atoms. The van der Waals surface area contributed by atoms with Gasteiger partial charge in [0.1, 0.15) is 5.56 Å². The van der Waals surface area contributed by atoms with Crippen molar-refractivity contribution in [2.24, 2.45) is 0 Å². The second kappa shape index (κ2) is 6.33. The minimum atomic E-state index is -1.16. The van der Waals surface area contributed by atoms with E-state index in [-0.39, 0.29) is 18.1 Å². The number of ether oxygens (including phenoxy) is 1. The number of hydrogen-bond acceptors (Lipinski definition) is 5. The number of aryl methyl sites for hydroxylation is 1. The van der Waals surface area contributed by atoms with Crippen molar-refractivity contribution in [3.05, 3.63) is 17.0 Å². The Labute approximate surface area is 110 Å². The second-order valence-corrected chi connectivity index (χ2v) is 4.48. The summed E-state index contributed by atoms with van der Waals surface area (Å²) in [6, 6.07) is -1.10. The standard InChI is InChI=1S/C12H18N2O5/c1-6(2)10-9(7(3)14-19-10)11(15)13-8(5-18-4)12(16)17/h6,8H,5H2,1-4H3,(H,13,15)(H,16,17). The van der Waals surface area contributed by atoms with E-state index >= 15 is 0 Å². The first-order chi connectivity index (χ1) is 8.88. The van der Waals surface area contributed by atoms with E-state index in [1.165, 1.54) is 7.11 Å². The van der Waals surface area contributed by atoms with Crippen molar-refractivity contribution in [3.8, 4) is 0 Å². The number of methoxy groups -OCH3 is 1. The molecule has 1 unspecified atom stereocenters. The number of rotatable bonds is 6. The van der Waals surface area contributed by atoms with Gasteiger partial charge in [-0.3, -0.25) is 4.79 Å². The maximum Gasteiger partial charge on any atom is 0.328 e. The zero-order chi connectivity index (χ0) is 14.6. The number of carbonyl (C=O) groups excluding carboxylic acids is 1. The molecule has 19 heavy (non-hydrogen) atoms. The smallest absolute Gasteiger partial charge is 0.328 e. The molecule has 1 aromatic rings. The molecule has 1 amide bonds. The van der Waals surface area contributed by atoms with Crippen LogP contribution in [0.1, 0.15) is 41.6 Å². The van der Waals surface area contributed by atoms with Crippen LogP contribution in [0.15, 0.2) is 4.52 Å². The lowest BCUT2D eigenvalue weighted by Gasteiger charge is -2.13. The molecule has 2 N–H and O–H groups in total. The van der Waals surface area contributed by atoms with E-state index in [2.05, 4.69) is 10.5 Å². The van der Waals surface area contributed by atoms with Crippen LogP contribution in [-0.2, 0) is 9.53 Å². The van der Waals surface area contributed by atoms with Gasteiger partial charge in [-0.15, -0.1) is 0 Å². The van der Waals surface area contributed by atoms with Crippen molar-refractivity contribution in [1.82, 2.24) is 10.5 Å². The Morgan fingerprint density at radius 1 is 1.47 bits per heavy atom. The van der Waals surface area contributed by atoms with Gasteiger partial charge in [0.15, 0.2) is 11.8 Å². The van der Waals surface area contributed by atoms with Gasteiger partial charge in [-0.2, -0.15) is 0 Å². The molecule has 0 aliphatic carbocycles. The van der Waals surface area contributed by atoms with Crippen molar-refractivity contribution in [2.75, 3.05) is 13.7 Å². The predicted molar refractivity (Wildman–Crippen MR) is 66.1 cm³/mol. The summed E-state index contributed by atoms with van der Waals surface area (Å²) in [5.41, 5.74) is 0.722. The highest BCUT2D eigenvalue weighted by atomic mass is 16.5.